The second-order valence-corrected chi connectivity index (χ2v) is 10.0. The van der Waals surface area contributed by atoms with Crippen LogP contribution in [0.15, 0.2) is 77.2 Å². The van der Waals surface area contributed by atoms with Crippen molar-refractivity contribution in [1.29, 1.82) is 0 Å². The summed E-state index contributed by atoms with van der Waals surface area (Å²) in [5.41, 5.74) is 2.18. The molecule has 0 N–H and O–H groups in total. The molecule has 1 fully saturated rings. The first-order valence-electron chi connectivity index (χ1n) is 10.2. The Morgan fingerprint density at radius 2 is 1.90 bits per heavy atom. The number of hydrogen-bond acceptors (Lipinski definition) is 2. The van der Waals surface area contributed by atoms with E-state index >= 15 is 0 Å². The zero-order valence-corrected chi connectivity index (χ0v) is 19.8. The summed E-state index contributed by atoms with van der Waals surface area (Å²) in [6.07, 6.45) is 7.08. The Balaban J connectivity index is 1.61. The number of hydrogen-bond donors (Lipinski definition) is 0. The van der Waals surface area contributed by atoms with Crippen molar-refractivity contribution in [3.8, 4) is 0 Å². The Morgan fingerprint density at radius 1 is 1.17 bits per heavy atom. The van der Waals surface area contributed by atoms with E-state index in [1.807, 2.05) is 59.8 Å². The Kier molecular flexibility index (Phi) is 8.10. The van der Waals surface area contributed by atoms with Crippen LogP contribution in [0.5, 0.6) is 0 Å². The number of carbonyl (C=O) groups is 1. The van der Waals surface area contributed by atoms with Crippen LogP contribution in [0.4, 0.5) is 0 Å². The summed E-state index contributed by atoms with van der Waals surface area (Å²) in [5, 5.41) is 1.19. The van der Waals surface area contributed by atoms with Gasteiger partial charge >= 0.3 is 0 Å². The van der Waals surface area contributed by atoms with Crippen LogP contribution in [0.3, 0.4) is 0 Å². The molecule has 5 heteroatoms. The predicted molar refractivity (Wildman–Crippen MR) is 129 cm³/mol. The molecular weight excluding hydrogens is 433 g/mol. The van der Waals surface area contributed by atoms with Crippen molar-refractivity contribution < 1.29 is 4.79 Å². The molecule has 0 radical (unpaired) electrons. The fourth-order valence-electron chi connectivity index (χ4n) is 3.26. The van der Waals surface area contributed by atoms with E-state index in [1.165, 1.54) is 17.5 Å². The number of nitrogens with zero attached hydrogens (tertiary/aromatic N) is 1. The van der Waals surface area contributed by atoms with Crippen LogP contribution in [0, 0.1) is 11.8 Å². The maximum Gasteiger partial charge on any atom is 0.256 e. The fraction of sp³-hybridized carbons (Fsp3) is 0.320. The number of rotatable bonds is 8. The lowest BCUT2D eigenvalue weighted by atomic mass is 10.1. The van der Waals surface area contributed by atoms with Gasteiger partial charge in [0.2, 0.25) is 0 Å². The van der Waals surface area contributed by atoms with Gasteiger partial charge < -0.3 is 0 Å². The highest BCUT2D eigenvalue weighted by Crippen LogP contribution is 2.49. The molecule has 1 saturated carbocycles. The zero-order chi connectivity index (χ0) is 21.7. The Hall–Kier alpha value is -1.68. The fourth-order valence-corrected chi connectivity index (χ4v) is 4.61. The maximum absolute atomic E-state index is 12.9. The standard InChI is InChI=1S/C25H27Cl2NOS/c1-17(2)16-28(30-21-7-5-4-6-8-21)25(29)13-18(3)9-10-19-14-22(19)20-11-12-23(26)24(27)15-20/h4-13,15,17,19,22H,14,16H2,1-3H3/b10-9+,18-13+. The first-order chi connectivity index (χ1) is 14.3. The zero-order valence-electron chi connectivity index (χ0n) is 17.5. The Bertz CT molecular complexity index is 939. The Morgan fingerprint density at radius 3 is 2.57 bits per heavy atom. The van der Waals surface area contributed by atoms with Crippen LogP contribution in [-0.4, -0.2) is 16.8 Å². The van der Waals surface area contributed by atoms with Crippen LogP contribution >= 0.6 is 35.1 Å². The molecule has 2 unspecified atom stereocenters. The molecule has 2 atom stereocenters. The van der Waals surface area contributed by atoms with Crippen molar-refractivity contribution in [1.82, 2.24) is 4.31 Å². The van der Waals surface area contributed by atoms with Gasteiger partial charge in [-0.2, -0.15) is 0 Å². The van der Waals surface area contributed by atoms with Gasteiger partial charge in [-0.25, -0.2) is 0 Å². The lowest BCUT2D eigenvalue weighted by Gasteiger charge is -2.22. The lowest BCUT2D eigenvalue weighted by molar-refractivity contribution is -0.121. The second-order valence-electron chi connectivity index (χ2n) is 8.12. The highest BCUT2D eigenvalue weighted by Gasteiger charge is 2.36. The summed E-state index contributed by atoms with van der Waals surface area (Å²) < 4.78 is 1.84. The SMILES string of the molecule is CC(/C=C/C1CC1c1ccc(Cl)c(Cl)c1)=C\C(=O)N(CC(C)C)Sc1ccccc1. The summed E-state index contributed by atoms with van der Waals surface area (Å²) >= 11 is 13.6. The van der Waals surface area contributed by atoms with Crippen LogP contribution in [-0.2, 0) is 4.79 Å². The largest absolute Gasteiger partial charge is 0.278 e. The summed E-state index contributed by atoms with van der Waals surface area (Å²) in [4.78, 5) is 13.9. The Labute approximate surface area is 194 Å². The lowest BCUT2D eigenvalue weighted by Crippen LogP contribution is -2.26. The number of allylic oxidation sites excluding steroid dienone is 3. The van der Waals surface area contributed by atoms with E-state index in [9.17, 15) is 4.79 Å². The molecule has 0 heterocycles. The van der Waals surface area contributed by atoms with E-state index in [0.717, 1.165) is 16.9 Å². The number of carbonyl (C=O) groups excluding carboxylic acids is 1. The number of halogens is 2. The van der Waals surface area contributed by atoms with Gasteiger partial charge in [-0.1, -0.05) is 73.5 Å². The van der Waals surface area contributed by atoms with Gasteiger partial charge in [-0.3, -0.25) is 9.10 Å². The molecule has 1 aliphatic carbocycles. The van der Waals surface area contributed by atoms with Crippen LogP contribution < -0.4 is 0 Å². The van der Waals surface area contributed by atoms with Crippen LogP contribution in [0.2, 0.25) is 10.0 Å². The minimum Gasteiger partial charge on any atom is -0.278 e. The third kappa shape index (κ3) is 6.66. The molecule has 2 aromatic carbocycles. The summed E-state index contributed by atoms with van der Waals surface area (Å²) in [7, 11) is 0. The first kappa shape index (κ1) is 23.0. The maximum atomic E-state index is 12.9. The van der Waals surface area contributed by atoms with Crippen molar-refractivity contribution in [2.75, 3.05) is 6.54 Å². The summed E-state index contributed by atoms with van der Waals surface area (Å²) in [6, 6.07) is 15.9. The molecule has 2 aromatic rings. The minimum absolute atomic E-state index is 0.0246. The summed E-state index contributed by atoms with van der Waals surface area (Å²) in [6.45, 7) is 6.93. The van der Waals surface area contributed by atoms with Gasteiger partial charge in [0, 0.05) is 17.5 Å². The first-order valence-corrected chi connectivity index (χ1v) is 11.7. The molecule has 1 amide bonds. The van der Waals surface area contributed by atoms with Crippen molar-refractivity contribution in [2.45, 2.75) is 38.0 Å². The van der Waals surface area contributed by atoms with E-state index in [2.05, 4.69) is 26.0 Å². The topological polar surface area (TPSA) is 20.3 Å². The summed E-state index contributed by atoms with van der Waals surface area (Å²) in [5.74, 6) is 1.38. The molecule has 1 aliphatic rings. The van der Waals surface area contributed by atoms with E-state index in [0.29, 0.717) is 34.3 Å². The van der Waals surface area contributed by atoms with E-state index < -0.39 is 0 Å². The smallest absolute Gasteiger partial charge is 0.256 e. The van der Waals surface area contributed by atoms with E-state index in [-0.39, 0.29) is 5.91 Å². The number of benzene rings is 2. The molecule has 0 spiro atoms. The third-order valence-electron chi connectivity index (χ3n) is 4.90. The predicted octanol–water partition coefficient (Wildman–Crippen LogP) is 7.79. The normalized spacial score (nSPS) is 18.8. The van der Waals surface area contributed by atoms with Crippen molar-refractivity contribution >= 4 is 41.1 Å². The van der Waals surface area contributed by atoms with Gasteiger partial charge in [0.25, 0.3) is 5.91 Å². The average molecular weight is 460 g/mol. The highest BCUT2D eigenvalue weighted by atomic mass is 35.5. The van der Waals surface area contributed by atoms with Gasteiger partial charge in [0.05, 0.1) is 10.0 Å². The van der Waals surface area contributed by atoms with Crippen LogP contribution in [0.1, 0.15) is 38.7 Å². The molecular formula is C25H27Cl2NOS. The van der Waals surface area contributed by atoms with Gasteiger partial charge in [0.15, 0.2) is 0 Å². The number of amides is 1. The minimum atomic E-state index is 0.0246. The van der Waals surface area contributed by atoms with Crippen molar-refractivity contribution in [3.63, 3.8) is 0 Å². The second kappa shape index (κ2) is 10.6. The van der Waals surface area contributed by atoms with E-state index in [4.69, 9.17) is 23.2 Å². The molecule has 3 rings (SSSR count). The quantitative estimate of drug-likeness (QED) is 0.228. The monoisotopic (exact) mass is 459 g/mol. The van der Waals surface area contributed by atoms with Crippen molar-refractivity contribution in [3.05, 3.63) is 87.9 Å². The van der Waals surface area contributed by atoms with Gasteiger partial charge in [0.1, 0.15) is 0 Å². The molecule has 30 heavy (non-hydrogen) atoms. The molecule has 0 aliphatic heterocycles. The van der Waals surface area contributed by atoms with Crippen LogP contribution in [0.25, 0.3) is 0 Å². The highest BCUT2D eigenvalue weighted by molar-refractivity contribution is 7.97. The molecule has 0 saturated heterocycles. The van der Waals surface area contributed by atoms with Crippen molar-refractivity contribution in [2.24, 2.45) is 11.8 Å². The average Bonchev–Trinajstić information content (AvgIpc) is 3.48. The van der Waals surface area contributed by atoms with Gasteiger partial charge in [-0.05, 0) is 78.4 Å². The molecule has 0 aromatic heterocycles. The third-order valence-corrected chi connectivity index (χ3v) is 6.68. The molecule has 158 valence electrons. The van der Waals surface area contributed by atoms with Gasteiger partial charge in [-0.15, -0.1) is 0 Å². The molecule has 0 bridgehead atoms. The van der Waals surface area contributed by atoms with E-state index in [1.54, 1.807) is 6.08 Å². The molecule has 2 nitrogen and oxygen atoms in total.